The van der Waals surface area contributed by atoms with Gasteiger partial charge in [-0.15, -0.1) is 0 Å². The molecule has 0 aliphatic carbocycles. The highest BCUT2D eigenvalue weighted by atomic mass is 19.1. The molecule has 1 unspecified atom stereocenters. The summed E-state index contributed by atoms with van der Waals surface area (Å²) in [5.74, 6) is -0.562. The predicted molar refractivity (Wildman–Crippen MR) is 64.9 cm³/mol. The molecule has 0 saturated carbocycles. The van der Waals surface area contributed by atoms with Crippen molar-refractivity contribution in [3.8, 4) is 0 Å². The molecule has 1 aliphatic heterocycles. The lowest BCUT2D eigenvalue weighted by Crippen LogP contribution is -2.24. The summed E-state index contributed by atoms with van der Waals surface area (Å²) in [6, 6.07) is 1.25. The van der Waals surface area contributed by atoms with Gasteiger partial charge in [0.2, 0.25) is 5.95 Å². The van der Waals surface area contributed by atoms with Crippen LogP contribution in [0.4, 0.5) is 10.1 Å². The maximum absolute atomic E-state index is 13.4. The van der Waals surface area contributed by atoms with Gasteiger partial charge in [0, 0.05) is 12.0 Å². The molecule has 1 atom stereocenters. The van der Waals surface area contributed by atoms with Crippen molar-refractivity contribution >= 4 is 11.7 Å². The van der Waals surface area contributed by atoms with E-state index in [1.54, 1.807) is 0 Å². The van der Waals surface area contributed by atoms with Gasteiger partial charge in [0.25, 0.3) is 6.02 Å². The topological polar surface area (TPSA) is 86.5 Å². The average molecular weight is 240 g/mol. The Morgan fingerprint density at radius 2 is 2.12 bits per heavy atom. The van der Waals surface area contributed by atoms with E-state index < -0.39 is 5.95 Å². The predicted octanol–water partition coefficient (Wildman–Crippen LogP) is 1.61. The van der Waals surface area contributed by atoms with Crippen LogP contribution >= 0.6 is 0 Å². The lowest BCUT2D eigenvalue weighted by molar-refractivity contribution is 0.254. The molecule has 0 radical (unpaired) electrons. The number of aromatic nitrogens is 1. The monoisotopic (exact) mass is 240 g/mol. The first-order chi connectivity index (χ1) is 8.16. The Balaban J connectivity index is 0.000000686. The van der Waals surface area contributed by atoms with Crippen molar-refractivity contribution in [2.75, 3.05) is 12.3 Å². The summed E-state index contributed by atoms with van der Waals surface area (Å²) in [5, 5.41) is 0. The minimum absolute atomic E-state index is 0.0769. The largest absolute Gasteiger partial charge is 0.465 e. The smallest absolute Gasteiger partial charge is 0.282 e. The maximum atomic E-state index is 13.4. The van der Waals surface area contributed by atoms with E-state index in [1.165, 1.54) is 12.3 Å². The molecule has 0 amide bonds. The first kappa shape index (κ1) is 13.2. The van der Waals surface area contributed by atoms with Gasteiger partial charge >= 0.3 is 0 Å². The molecule has 94 valence electrons. The molecule has 6 heteroatoms. The molecule has 0 fully saturated rings. The molecule has 4 N–H and O–H groups in total. The van der Waals surface area contributed by atoms with Crippen molar-refractivity contribution in [1.29, 1.82) is 0 Å². The van der Waals surface area contributed by atoms with Crippen LogP contribution in [0, 0.1) is 5.95 Å². The Morgan fingerprint density at radius 1 is 1.41 bits per heavy atom. The molecule has 2 rings (SSSR count). The van der Waals surface area contributed by atoms with Crippen molar-refractivity contribution in [2.24, 2.45) is 10.7 Å². The van der Waals surface area contributed by atoms with Gasteiger partial charge in [0.1, 0.15) is 0 Å². The van der Waals surface area contributed by atoms with Crippen molar-refractivity contribution in [3.05, 3.63) is 23.8 Å². The van der Waals surface area contributed by atoms with Crippen LogP contribution in [0.2, 0.25) is 0 Å². The Bertz CT molecular complexity index is 408. The van der Waals surface area contributed by atoms with Gasteiger partial charge in [-0.2, -0.15) is 4.39 Å². The number of halogens is 1. The minimum Gasteiger partial charge on any atom is -0.465 e. The highest BCUT2D eigenvalue weighted by Crippen LogP contribution is 2.26. The number of amidine groups is 1. The Labute approximate surface area is 99.7 Å². The van der Waals surface area contributed by atoms with Gasteiger partial charge in [0.05, 0.1) is 24.5 Å². The normalized spacial score (nSPS) is 18.5. The molecule has 17 heavy (non-hydrogen) atoms. The van der Waals surface area contributed by atoms with Crippen molar-refractivity contribution < 1.29 is 9.13 Å². The van der Waals surface area contributed by atoms with Crippen LogP contribution in [-0.2, 0) is 4.74 Å². The molecule has 0 saturated heterocycles. The molecular weight excluding hydrogens is 223 g/mol. The summed E-state index contributed by atoms with van der Waals surface area (Å²) < 4.78 is 18.3. The van der Waals surface area contributed by atoms with E-state index in [4.69, 9.17) is 16.2 Å². The van der Waals surface area contributed by atoms with E-state index in [9.17, 15) is 4.39 Å². The second-order valence-electron chi connectivity index (χ2n) is 3.27. The average Bonchev–Trinajstić information content (AvgIpc) is 2.35. The maximum Gasteiger partial charge on any atom is 0.282 e. The number of nitrogens with two attached hydrogens (primary N) is 2. The van der Waals surface area contributed by atoms with E-state index in [1.807, 2.05) is 13.8 Å². The van der Waals surface area contributed by atoms with Gasteiger partial charge in [-0.25, -0.2) is 9.98 Å². The molecule has 1 aromatic rings. The fourth-order valence-corrected chi connectivity index (χ4v) is 1.47. The third-order valence-electron chi connectivity index (χ3n) is 2.17. The van der Waals surface area contributed by atoms with E-state index in [2.05, 4.69) is 9.98 Å². The Kier molecular flexibility index (Phi) is 4.68. The third kappa shape index (κ3) is 3.30. The first-order valence-electron chi connectivity index (χ1n) is 5.54. The number of aliphatic imine (C=N–C) groups is 1. The highest BCUT2D eigenvalue weighted by molar-refractivity contribution is 5.72. The quantitative estimate of drug-likeness (QED) is 0.730. The van der Waals surface area contributed by atoms with Gasteiger partial charge in [-0.05, 0) is 6.07 Å². The molecular formula is C11H17FN4O. The Morgan fingerprint density at radius 3 is 2.76 bits per heavy atom. The highest BCUT2D eigenvalue weighted by Gasteiger charge is 2.20. The van der Waals surface area contributed by atoms with Crippen LogP contribution in [0.5, 0.6) is 0 Å². The van der Waals surface area contributed by atoms with Gasteiger partial charge in [-0.3, -0.25) is 0 Å². The summed E-state index contributed by atoms with van der Waals surface area (Å²) in [4.78, 5) is 7.53. The summed E-state index contributed by atoms with van der Waals surface area (Å²) in [6.45, 7) is 4.42. The lowest BCUT2D eigenvalue weighted by atomic mass is 10.1. The molecule has 1 aliphatic rings. The molecule has 5 nitrogen and oxygen atoms in total. The molecule has 0 spiro atoms. The van der Waals surface area contributed by atoms with Crippen LogP contribution in [0.15, 0.2) is 17.3 Å². The number of anilines is 1. The number of hydrogen-bond donors (Lipinski definition) is 2. The SMILES string of the molecule is CC.NC1=NC(c2cc(N)cnc2F)CCO1. The second-order valence-corrected chi connectivity index (χ2v) is 3.27. The first-order valence-corrected chi connectivity index (χ1v) is 5.54. The number of nitrogen functional groups attached to an aromatic ring is 1. The van der Waals surface area contributed by atoms with Crippen LogP contribution in [-0.4, -0.2) is 17.6 Å². The summed E-state index contributed by atoms with van der Waals surface area (Å²) in [7, 11) is 0. The minimum atomic E-state index is -0.562. The van der Waals surface area contributed by atoms with Crippen molar-refractivity contribution in [1.82, 2.24) is 4.98 Å². The van der Waals surface area contributed by atoms with E-state index in [0.29, 0.717) is 24.3 Å². The van der Waals surface area contributed by atoms with Gasteiger partial charge < -0.3 is 16.2 Å². The van der Waals surface area contributed by atoms with Crippen LogP contribution in [0.1, 0.15) is 31.9 Å². The number of nitrogens with zero attached hydrogens (tertiary/aromatic N) is 2. The zero-order valence-corrected chi connectivity index (χ0v) is 9.98. The van der Waals surface area contributed by atoms with Crippen LogP contribution in [0.25, 0.3) is 0 Å². The van der Waals surface area contributed by atoms with Crippen molar-refractivity contribution in [2.45, 2.75) is 26.3 Å². The van der Waals surface area contributed by atoms with E-state index in [-0.39, 0.29) is 12.1 Å². The van der Waals surface area contributed by atoms with E-state index >= 15 is 0 Å². The number of rotatable bonds is 1. The second kappa shape index (κ2) is 6.03. The number of hydrogen-bond acceptors (Lipinski definition) is 5. The summed E-state index contributed by atoms with van der Waals surface area (Å²) >= 11 is 0. The fraction of sp³-hybridized carbons (Fsp3) is 0.455. The third-order valence-corrected chi connectivity index (χ3v) is 2.17. The molecule has 0 bridgehead atoms. The standard InChI is InChI=1S/C9H11FN4O.C2H6/c10-8-6(3-5(11)4-13-8)7-1-2-15-9(12)14-7;1-2/h3-4,7H,1-2,11H2,(H2,12,14);1-2H3. The summed E-state index contributed by atoms with van der Waals surface area (Å²) in [5.41, 5.74) is 11.7. The van der Waals surface area contributed by atoms with Gasteiger partial charge in [0.15, 0.2) is 0 Å². The Hall–Kier alpha value is -1.85. The fourth-order valence-electron chi connectivity index (χ4n) is 1.47. The summed E-state index contributed by atoms with van der Waals surface area (Å²) in [6.07, 6.45) is 1.84. The zero-order valence-electron chi connectivity index (χ0n) is 9.98. The van der Waals surface area contributed by atoms with Crippen LogP contribution < -0.4 is 11.5 Å². The molecule has 0 aromatic carbocycles. The van der Waals surface area contributed by atoms with Gasteiger partial charge in [-0.1, -0.05) is 13.8 Å². The van der Waals surface area contributed by atoms with Crippen molar-refractivity contribution in [3.63, 3.8) is 0 Å². The number of pyridine rings is 1. The lowest BCUT2D eigenvalue weighted by Gasteiger charge is -2.19. The van der Waals surface area contributed by atoms with Crippen LogP contribution in [0.3, 0.4) is 0 Å². The zero-order chi connectivity index (χ0) is 12.8. The van der Waals surface area contributed by atoms with E-state index in [0.717, 1.165) is 0 Å². The number of ether oxygens (including phenoxy) is 1. The molecule has 1 aromatic heterocycles. The molecule has 2 heterocycles.